The third-order valence-corrected chi connectivity index (χ3v) is 10.8. The molecule has 0 heterocycles. The maximum absolute atomic E-state index is 4.63. The van der Waals surface area contributed by atoms with Gasteiger partial charge in [0.25, 0.3) is 0 Å². The van der Waals surface area contributed by atoms with Gasteiger partial charge in [-0.15, -0.1) is 0 Å². The van der Waals surface area contributed by atoms with Crippen LogP contribution in [0, 0.1) is 42.4 Å². The second-order valence-corrected chi connectivity index (χ2v) is 15.1. The summed E-state index contributed by atoms with van der Waals surface area (Å²) in [5.41, 5.74) is 15.5. The number of fused-ring (bicyclic) bond motifs is 1. The molecule has 3 unspecified atom stereocenters. The Morgan fingerprint density at radius 3 is 2.50 bits per heavy atom. The normalized spacial score (nSPS) is 25.3. The fourth-order valence-corrected chi connectivity index (χ4v) is 8.45. The van der Waals surface area contributed by atoms with Gasteiger partial charge in [-0.05, 0) is 127 Å². The van der Waals surface area contributed by atoms with E-state index in [-0.39, 0.29) is 0 Å². The number of rotatable bonds is 6. The summed E-state index contributed by atoms with van der Waals surface area (Å²) in [5, 5.41) is 0. The van der Waals surface area contributed by atoms with Crippen molar-refractivity contribution in [2.75, 3.05) is 0 Å². The Labute approximate surface area is 244 Å². The van der Waals surface area contributed by atoms with E-state index in [1.54, 1.807) is 5.56 Å². The number of hydrogen-bond acceptors (Lipinski definition) is 0. The molecule has 0 nitrogen and oxygen atoms in total. The summed E-state index contributed by atoms with van der Waals surface area (Å²) < 4.78 is 0. The molecular formula is C40H50. The Bertz CT molecular complexity index is 1400. The van der Waals surface area contributed by atoms with Crippen LogP contribution in [0.1, 0.15) is 100.0 Å². The molecule has 40 heavy (non-hydrogen) atoms. The molecule has 4 aliphatic rings. The maximum atomic E-state index is 4.63. The third kappa shape index (κ3) is 5.36. The number of hydrogen-bond donors (Lipinski definition) is 0. The maximum Gasteiger partial charge on any atom is 0.00827 e. The van der Waals surface area contributed by atoms with Crippen LogP contribution in [0.4, 0.5) is 0 Å². The van der Waals surface area contributed by atoms with Crippen LogP contribution in [0.3, 0.4) is 0 Å². The minimum atomic E-state index is 0.291. The van der Waals surface area contributed by atoms with E-state index in [9.17, 15) is 0 Å². The van der Waals surface area contributed by atoms with Gasteiger partial charge in [0, 0.05) is 5.92 Å². The molecule has 210 valence electrons. The molecule has 0 heteroatoms. The Hall–Kier alpha value is -2.60. The van der Waals surface area contributed by atoms with Gasteiger partial charge in [-0.2, -0.15) is 0 Å². The summed E-state index contributed by atoms with van der Waals surface area (Å²) in [4.78, 5) is 0. The van der Waals surface area contributed by atoms with Crippen LogP contribution in [0.25, 0.3) is 17.2 Å². The van der Waals surface area contributed by atoms with Gasteiger partial charge < -0.3 is 0 Å². The SMILES string of the molecule is C=C1C=CC(CC(C)(C)C)C(=C)C1CC1=Cc2cccc(-c3cc(C)cc(C)c3CC3CCCCC34CC4)c2C1. The first-order chi connectivity index (χ1) is 19.0. The van der Waals surface area contributed by atoms with Crippen molar-refractivity contribution < 1.29 is 0 Å². The second-order valence-electron chi connectivity index (χ2n) is 15.1. The fraction of sp³-hybridized carbons (Fsp3) is 0.500. The summed E-state index contributed by atoms with van der Waals surface area (Å²) in [7, 11) is 0. The largest absolute Gasteiger partial charge is 0.0986 e. The van der Waals surface area contributed by atoms with Gasteiger partial charge in [-0.1, -0.05) is 112 Å². The van der Waals surface area contributed by atoms with E-state index >= 15 is 0 Å². The average Bonchev–Trinajstić information content (AvgIpc) is 3.53. The highest BCUT2D eigenvalue weighted by molar-refractivity contribution is 5.80. The Balaban J connectivity index is 1.27. The fourth-order valence-electron chi connectivity index (χ4n) is 8.45. The summed E-state index contributed by atoms with van der Waals surface area (Å²) >= 11 is 0. The van der Waals surface area contributed by atoms with Crippen molar-refractivity contribution in [3.63, 3.8) is 0 Å². The first kappa shape index (κ1) is 27.6. The van der Waals surface area contributed by atoms with E-state index in [0.717, 1.165) is 25.2 Å². The summed E-state index contributed by atoms with van der Waals surface area (Å²) in [6.45, 7) is 20.7. The van der Waals surface area contributed by atoms with E-state index in [4.69, 9.17) is 0 Å². The standard InChI is InChI=1S/C40H50/c1-26-19-28(3)36(24-33-12-8-9-16-40(33)17-18-40)38(20-26)34-13-10-11-31-21-30(23-37(31)34)22-35-27(2)14-15-32(29(35)4)25-39(5,6)7/h10-11,13-15,19-21,32-33,35H,2,4,8-9,12,16-18,22-25H2,1,3,5-7H3. The molecule has 0 radical (unpaired) electrons. The quantitative estimate of drug-likeness (QED) is 0.326. The van der Waals surface area contributed by atoms with E-state index in [0.29, 0.717) is 22.7 Å². The van der Waals surface area contributed by atoms with E-state index < -0.39 is 0 Å². The summed E-state index contributed by atoms with van der Waals surface area (Å²) in [5.74, 6) is 1.66. The van der Waals surface area contributed by atoms with Crippen molar-refractivity contribution in [2.45, 2.75) is 98.8 Å². The van der Waals surface area contributed by atoms with Crippen molar-refractivity contribution in [3.05, 3.63) is 100 Å². The molecule has 0 amide bonds. The predicted molar refractivity (Wildman–Crippen MR) is 173 cm³/mol. The highest BCUT2D eigenvalue weighted by atomic mass is 14.5. The van der Waals surface area contributed by atoms with Gasteiger partial charge in [0.05, 0.1) is 0 Å². The van der Waals surface area contributed by atoms with E-state index in [2.05, 4.69) is 96.3 Å². The first-order valence-corrected chi connectivity index (χ1v) is 16.0. The molecule has 0 aliphatic heterocycles. The first-order valence-electron chi connectivity index (χ1n) is 16.0. The molecule has 2 aromatic carbocycles. The zero-order valence-corrected chi connectivity index (χ0v) is 25.8. The molecule has 0 aromatic heterocycles. The van der Waals surface area contributed by atoms with Gasteiger partial charge in [0.15, 0.2) is 0 Å². The minimum Gasteiger partial charge on any atom is -0.0986 e. The van der Waals surface area contributed by atoms with Crippen LogP contribution in [0.2, 0.25) is 0 Å². The van der Waals surface area contributed by atoms with Crippen LogP contribution < -0.4 is 0 Å². The molecule has 1 spiro atoms. The van der Waals surface area contributed by atoms with Crippen molar-refractivity contribution in [3.8, 4) is 11.1 Å². The Morgan fingerprint density at radius 1 is 0.950 bits per heavy atom. The highest BCUT2D eigenvalue weighted by Gasteiger charge is 2.49. The van der Waals surface area contributed by atoms with Crippen LogP contribution >= 0.6 is 0 Å². The second kappa shape index (κ2) is 10.3. The topological polar surface area (TPSA) is 0 Å². The van der Waals surface area contributed by atoms with Gasteiger partial charge in [0.1, 0.15) is 0 Å². The molecule has 6 rings (SSSR count). The molecule has 3 atom stereocenters. The lowest BCUT2D eigenvalue weighted by molar-refractivity contribution is 0.212. The van der Waals surface area contributed by atoms with Gasteiger partial charge >= 0.3 is 0 Å². The van der Waals surface area contributed by atoms with E-state index in [1.807, 2.05) is 0 Å². The number of benzene rings is 2. The molecule has 0 N–H and O–H groups in total. The van der Waals surface area contributed by atoms with Gasteiger partial charge in [-0.25, -0.2) is 0 Å². The Morgan fingerprint density at radius 2 is 1.75 bits per heavy atom. The summed E-state index contributed by atoms with van der Waals surface area (Å²) in [6, 6.07) is 11.9. The van der Waals surface area contributed by atoms with Crippen molar-refractivity contribution in [1.29, 1.82) is 0 Å². The molecule has 4 aliphatic carbocycles. The van der Waals surface area contributed by atoms with Crippen LogP contribution in [-0.2, 0) is 12.8 Å². The monoisotopic (exact) mass is 530 g/mol. The van der Waals surface area contributed by atoms with Gasteiger partial charge in [-0.3, -0.25) is 0 Å². The minimum absolute atomic E-state index is 0.291. The zero-order valence-electron chi connectivity index (χ0n) is 25.8. The molecule has 2 fully saturated rings. The number of aryl methyl sites for hydroxylation is 2. The lowest BCUT2D eigenvalue weighted by Gasteiger charge is -2.34. The Kier molecular flexibility index (Phi) is 7.13. The van der Waals surface area contributed by atoms with Crippen molar-refractivity contribution in [2.24, 2.45) is 28.6 Å². The lowest BCUT2D eigenvalue weighted by Crippen LogP contribution is -2.23. The summed E-state index contributed by atoms with van der Waals surface area (Å²) in [6.07, 6.45) is 20.3. The molecule has 2 aromatic rings. The predicted octanol–water partition coefficient (Wildman–Crippen LogP) is 11.2. The van der Waals surface area contributed by atoms with E-state index in [1.165, 1.54) is 95.0 Å². The van der Waals surface area contributed by atoms with Crippen LogP contribution in [0.15, 0.2) is 72.4 Å². The average molecular weight is 531 g/mol. The van der Waals surface area contributed by atoms with Crippen molar-refractivity contribution >= 4 is 6.08 Å². The van der Waals surface area contributed by atoms with Gasteiger partial charge in [0.2, 0.25) is 0 Å². The smallest absolute Gasteiger partial charge is 0.00827 e. The van der Waals surface area contributed by atoms with Crippen molar-refractivity contribution in [1.82, 2.24) is 0 Å². The molecule has 0 saturated heterocycles. The molecule has 2 saturated carbocycles. The zero-order chi connectivity index (χ0) is 28.2. The third-order valence-electron chi connectivity index (χ3n) is 10.8. The lowest BCUT2D eigenvalue weighted by atomic mass is 9.71. The molecular weight excluding hydrogens is 480 g/mol. The molecule has 0 bridgehead atoms. The highest BCUT2D eigenvalue weighted by Crippen LogP contribution is 2.60. The van der Waals surface area contributed by atoms with Crippen LogP contribution in [-0.4, -0.2) is 0 Å². The van der Waals surface area contributed by atoms with Crippen LogP contribution in [0.5, 0.6) is 0 Å². The number of allylic oxidation sites excluding steroid dienone is 5.